The number of hydrogen-bond acceptors (Lipinski definition) is 7. The standard InChI is InChI=1S/C28H33N3O5S/c1-4-35-26-17-21(11-13-25(26)36-19(2)3)27(28(32)31-37(33,34)24-8-6-5-7-9-24)30-23-12-10-20-14-15-29-18-22(20)16-23/h5-13,16-17,19,27,29-30H,4,14-15,18H2,1-3H3,(H,31,32). The fourth-order valence-electron chi connectivity index (χ4n) is 4.21. The van der Waals surface area contributed by atoms with Crippen LogP contribution in [0.4, 0.5) is 5.69 Å². The van der Waals surface area contributed by atoms with Gasteiger partial charge in [0.15, 0.2) is 11.5 Å². The van der Waals surface area contributed by atoms with Crippen LogP contribution in [0.2, 0.25) is 0 Å². The van der Waals surface area contributed by atoms with E-state index in [2.05, 4.69) is 15.4 Å². The molecule has 1 unspecified atom stereocenters. The van der Waals surface area contributed by atoms with E-state index >= 15 is 0 Å². The molecule has 1 aliphatic heterocycles. The van der Waals surface area contributed by atoms with Crippen LogP contribution in [0.5, 0.6) is 11.5 Å². The third kappa shape index (κ3) is 6.61. The second-order valence-electron chi connectivity index (χ2n) is 9.08. The Balaban J connectivity index is 1.70. The maximum Gasteiger partial charge on any atom is 0.264 e. The number of hydrogen-bond donors (Lipinski definition) is 3. The number of fused-ring (bicyclic) bond motifs is 1. The highest BCUT2D eigenvalue weighted by atomic mass is 32.2. The van der Waals surface area contributed by atoms with Crippen LogP contribution in [0.3, 0.4) is 0 Å². The summed E-state index contributed by atoms with van der Waals surface area (Å²) in [5, 5.41) is 6.60. The zero-order chi connectivity index (χ0) is 26.4. The minimum atomic E-state index is -4.07. The summed E-state index contributed by atoms with van der Waals surface area (Å²) in [6.07, 6.45) is 0.867. The normalized spacial score (nSPS) is 13.9. The van der Waals surface area contributed by atoms with E-state index in [1.807, 2.05) is 39.0 Å². The summed E-state index contributed by atoms with van der Waals surface area (Å²) in [5.41, 5.74) is 3.64. The van der Waals surface area contributed by atoms with Gasteiger partial charge in [0.1, 0.15) is 6.04 Å². The Morgan fingerprint density at radius 2 is 1.78 bits per heavy atom. The zero-order valence-electron chi connectivity index (χ0n) is 21.3. The van der Waals surface area contributed by atoms with Gasteiger partial charge in [-0.15, -0.1) is 0 Å². The summed E-state index contributed by atoms with van der Waals surface area (Å²) in [6.45, 7) is 7.76. The topological polar surface area (TPSA) is 106 Å². The summed E-state index contributed by atoms with van der Waals surface area (Å²) in [7, 11) is -4.07. The first-order valence-electron chi connectivity index (χ1n) is 12.4. The number of sulfonamides is 1. The van der Waals surface area contributed by atoms with E-state index in [9.17, 15) is 13.2 Å². The number of benzene rings is 3. The van der Waals surface area contributed by atoms with Crippen LogP contribution in [0.15, 0.2) is 71.6 Å². The van der Waals surface area contributed by atoms with Crippen molar-refractivity contribution in [1.29, 1.82) is 0 Å². The predicted octanol–water partition coefficient (Wildman–Crippen LogP) is 4.18. The molecule has 3 N–H and O–H groups in total. The third-order valence-electron chi connectivity index (χ3n) is 5.92. The molecular weight excluding hydrogens is 490 g/mol. The molecule has 37 heavy (non-hydrogen) atoms. The predicted molar refractivity (Wildman–Crippen MR) is 143 cm³/mol. The second-order valence-corrected chi connectivity index (χ2v) is 10.8. The monoisotopic (exact) mass is 523 g/mol. The molecule has 3 aromatic carbocycles. The molecule has 0 bridgehead atoms. The van der Waals surface area contributed by atoms with Gasteiger partial charge in [-0.1, -0.05) is 30.3 Å². The minimum absolute atomic E-state index is 0.0117. The van der Waals surface area contributed by atoms with Gasteiger partial charge in [-0.3, -0.25) is 4.79 Å². The highest BCUT2D eigenvalue weighted by Gasteiger charge is 2.27. The number of carbonyl (C=O) groups is 1. The van der Waals surface area contributed by atoms with Crippen LogP contribution in [0.1, 0.15) is 43.5 Å². The van der Waals surface area contributed by atoms with Crippen molar-refractivity contribution in [2.75, 3.05) is 18.5 Å². The van der Waals surface area contributed by atoms with E-state index in [4.69, 9.17) is 9.47 Å². The van der Waals surface area contributed by atoms with Crippen LogP contribution in [0, 0.1) is 0 Å². The molecule has 0 saturated carbocycles. The van der Waals surface area contributed by atoms with Gasteiger partial charge in [0, 0.05) is 12.2 Å². The fraction of sp³-hybridized carbons (Fsp3) is 0.321. The quantitative estimate of drug-likeness (QED) is 0.366. The number of amides is 1. The van der Waals surface area contributed by atoms with E-state index in [1.165, 1.54) is 17.7 Å². The van der Waals surface area contributed by atoms with E-state index < -0.39 is 22.0 Å². The molecule has 1 aliphatic rings. The fourth-order valence-corrected chi connectivity index (χ4v) is 5.23. The van der Waals surface area contributed by atoms with Crippen LogP contribution < -0.4 is 24.8 Å². The van der Waals surface area contributed by atoms with Crippen molar-refractivity contribution in [3.05, 3.63) is 83.4 Å². The Bertz CT molecular complexity index is 1340. The van der Waals surface area contributed by atoms with Crippen molar-refractivity contribution >= 4 is 21.6 Å². The molecule has 1 atom stereocenters. The SMILES string of the molecule is CCOc1cc(C(Nc2ccc3c(c2)CNCC3)C(=O)NS(=O)(=O)c2ccccc2)ccc1OC(C)C. The van der Waals surface area contributed by atoms with Gasteiger partial charge in [0.05, 0.1) is 17.6 Å². The lowest BCUT2D eigenvalue weighted by molar-refractivity contribution is -0.120. The molecule has 1 heterocycles. The molecule has 0 spiro atoms. The molecule has 9 heteroatoms. The Morgan fingerprint density at radius 3 is 2.51 bits per heavy atom. The number of anilines is 1. The number of rotatable bonds is 10. The molecule has 0 saturated heterocycles. The maximum absolute atomic E-state index is 13.5. The van der Waals surface area contributed by atoms with E-state index in [-0.39, 0.29) is 11.0 Å². The number of carbonyl (C=O) groups excluding carboxylic acids is 1. The molecule has 0 aromatic heterocycles. The first-order valence-corrected chi connectivity index (χ1v) is 13.9. The zero-order valence-corrected chi connectivity index (χ0v) is 22.1. The molecule has 196 valence electrons. The Kier molecular flexibility index (Phi) is 8.35. The summed E-state index contributed by atoms with van der Waals surface area (Å²) in [5.74, 6) is 0.324. The minimum Gasteiger partial charge on any atom is -0.490 e. The molecule has 1 amide bonds. The largest absolute Gasteiger partial charge is 0.490 e. The highest BCUT2D eigenvalue weighted by Crippen LogP contribution is 2.33. The Labute approximate surface area is 218 Å². The van der Waals surface area contributed by atoms with Crippen molar-refractivity contribution < 1.29 is 22.7 Å². The van der Waals surface area contributed by atoms with E-state index in [1.54, 1.807) is 36.4 Å². The number of ether oxygens (including phenoxy) is 2. The van der Waals surface area contributed by atoms with Crippen molar-refractivity contribution in [3.63, 3.8) is 0 Å². The van der Waals surface area contributed by atoms with E-state index in [0.717, 1.165) is 25.1 Å². The first kappa shape index (κ1) is 26.5. The lowest BCUT2D eigenvalue weighted by Crippen LogP contribution is -2.37. The average Bonchev–Trinajstić information content (AvgIpc) is 2.88. The summed E-state index contributed by atoms with van der Waals surface area (Å²) >= 11 is 0. The van der Waals surface area contributed by atoms with Gasteiger partial charge in [-0.25, -0.2) is 13.1 Å². The van der Waals surface area contributed by atoms with Gasteiger partial charge in [-0.05, 0) is 86.8 Å². The maximum atomic E-state index is 13.5. The average molecular weight is 524 g/mol. The van der Waals surface area contributed by atoms with Crippen molar-refractivity contribution in [2.45, 2.75) is 50.8 Å². The first-order chi connectivity index (χ1) is 17.8. The summed E-state index contributed by atoms with van der Waals surface area (Å²) in [6, 6.07) is 18.0. The van der Waals surface area contributed by atoms with Gasteiger partial charge in [0.2, 0.25) is 0 Å². The van der Waals surface area contributed by atoms with Crippen LogP contribution in [-0.4, -0.2) is 33.6 Å². The second kappa shape index (κ2) is 11.7. The van der Waals surface area contributed by atoms with Crippen molar-refractivity contribution in [1.82, 2.24) is 10.0 Å². The third-order valence-corrected chi connectivity index (χ3v) is 7.28. The lowest BCUT2D eigenvalue weighted by Gasteiger charge is -2.23. The molecule has 0 fully saturated rings. The van der Waals surface area contributed by atoms with Crippen LogP contribution in [-0.2, 0) is 27.8 Å². The molecule has 8 nitrogen and oxygen atoms in total. The van der Waals surface area contributed by atoms with Crippen LogP contribution >= 0.6 is 0 Å². The Hall–Kier alpha value is -3.56. The molecule has 0 radical (unpaired) electrons. The van der Waals surface area contributed by atoms with E-state index in [0.29, 0.717) is 29.4 Å². The molecular formula is C28H33N3O5S. The molecule has 4 rings (SSSR count). The number of nitrogens with one attached hydrogen (secondary N) is 3. The van der Waals surface area contributed by atoms with Gasteiger partial charge in [0.25, 0.3) is 15.9 Å². The Morgan fingerprint density at radius 1 is 1.00 bits per heavy atom. The highest BCUT2D eigenvalue weighted by molar-refractivity contribution is 7.90. The van der Waals surface area contributed by atoms with Gasteiger partial charge in [-0.2, -0.15) is 0 Å². The van der Waals surface area contributed by atoms with Gasteiger partial charge >= 0.3 is 0 Å². The summed E-state index contributed by atoms with van der Waals surface area (Å²) in [4.78, 5) is 13.5. The lowest BCUT2D eigenvalue weighted by atomic mass is 9.99. The smallest absolute Gasteiger partial charge is 0.264 e. The molecule has 0 aliphatic carbocycles. The van der Waals surface area contributed by atoms with Gasteiger partial charge < -0.3 is 20.1 Å². The summed E-state index contributed by atoms with van der Waals surface area (Å²) < 4.78 is 39.8. The van der Waals surface area contributed by atoms with Crippen molar-refractivity contribution in [2.24, 2.45) is 0 Å². The van der Waals surface area contributed by atoms with Crippen molar-refractivity contribution in [3.8, 4) is 11.5 Å². The van der Waals surface area contributed by atoms with Crippen LogP contribution in [0.25, 0.3) is 0 Å². The molecule has 3 aromatic rings.